The largest absolute Gasteiger partial charge is 0.496 e. The number of benzene rings is 2. The van der Waals surface area contributed by atoms with Crippen LogP contribution in [0.4, 0.5) is 11.4 Å². The van der Waals surface area contributed by atoms with E-state index in [0.717, 1.165) is 18.8 Å². The monoisotopic (exact) mass is 384 g/mol. The Morgan fingerprint density at radius 2 is 2.07 bits per heavy atom. The van der Waals surface area contributed by atoms with Crippen molar-refractivity contribution in [2.75, 3.05) is 38.3 Å². The van der Waals surface area contributed by atoms with Gasteiger partial charge in [-0.3, -0.25) is 14.9 Å². The molecule has 0 bridgehead atoms. The first kappa shape index (κ1) is 19.3. The molecule has 0 aromatic heterocycles. The number of nitrogens with zero attached hydrogens (tertiary/aromatic N) is 3. The number of morpholine rings is 1. The molecule has 1 N–H and O–H groups in total. The number of rotatable bonds is 6. The average Bonchev–Trinajstić information content (AvgIpc) is 2.74. The Kier molecular flexibility index (Phi) is 6.18. The van der Waals surface area contributed by atoms with Crippen molar-refractivity contribution in [3.8, 4) is 5.75 Å². The number of methoxy groups -OCH3 is 1. The molecule has 2 aromatic rings. The molecule has 1 heterocycles. The van der Waals surface area contributed by atoms with E-state index in [-0.39, 0.29) is 11.3 Å². The topological polar surface area (TPSA) is 106 Å². The van der Waals surface area contributed by atoms with Gasteiger partial charge in [0.25, 0.3) is 11.6 Å². The first-order chi connectivity index (χ1) is 13.6. The molecule has 1 amide bonds. The van der Waals surface area contributed by atoms with Crippen molar-refractivity contribution in [2.45, 2.75) is 0 Å². The zero-order valence-electron chi connectivity index (χ0n) is 15.3. The van der Waals surface area contributed by atoms with Gasteiger partial charge in [0.2, 0.25) is 0 Å². The lowest BCUT2D eigenvalue weighted by Crippen LogP contribution is -2.36. The maximum Gasteiger partial charge on any atom is 0.271 e. The first-order valence-corrected chi connectivity index (χ1v) is 8.67. The van der Waals surface area contributed by atoms with Crippen LogP contribution in [-0.4, -0.2) is 50.5 Å². The van der Waals surface area contributed by atoms with Crippen molar-refractivity contribution >= 4 is 23.5 Å². The Hall–Kier alpha value is -3.46. The molecule has 9 nitrogen and oxygen atoms in total. The summed E-state index contributed by atoms with van der Waals surface area (Å²) in [4.78, 5) is 24.6. The molecular formula is C19H20N4O5. The molecule has 1 saturated heterocycles. The van der Waals surface area contributed by atoms with Gasteiger partial charge in [-0.25, -0.2) is 5.43 Å². The van der Waals surface area contributed by atoms with Crippen LogP contribution in [0.2, 0.25) is 0 Å². The van der Waals surface area contributed by atoms with E-state index in [0.29, 0.717) is 24.5 Å². The third kappa shape index (κ3) is 4.63. The van der Waals surface area contributed by atoms with Crippen LogP contribution in [0.15, 0.2) is 47.6 Å². The van der Waals surface area contributed by atoms with Crippen molar-refractivity contribution < 1.29 is 19.2 Å². The third-order valence-corrected chi connectivity index (χ3v) is 4.28. The smallest absolute Gasteiger partial charge is 0.271 e. The van der Waals surface area contributed by atoms with Gasteiger partial charge in [-0.05, 0) is 18.2 Å². The maximum atomic E-state index is 12.1. The molecular weight excluding hydrogens is 364 g/mol. The van der Waals surface area contributed by atoms with Crippen LogP contribution >= 0.6 is 0 Å². The Morgan fingerprint density at radius 1 is 1.29 bits per heavy atom. The number of carbonyl (C=O) groups is 1. The van der Waals surface area contributed by atoms with Gasteiger partial charge in [0.1, 0.15) is 5.75 Å². The standard InChI is InChI=1S/C19H20N4O5/c1-27-18-12-16(22-7-9-28-10-8-22)6-5-15(18)13-20-21-19(24)14-3-2-4-17(11-14)23(25)26/h2-6,11-13H,7-10H2,1H3,(H,21,24)/b20-13-. The molecule has 2 aromatic carbocycles. The highest BCUT2D eigenvalue weighted by Crippen LogP contribution is 2.25. The Bertz CT molecular complexity index is 894. The molecule has 1 aliphatic rings. The predicted molar refractivity (Wildman–Crippen MR) is 104 cm³/mol. The number of nitrogens with one attached hydrogen (secondary N) is 1. The lowest BCUT2D eigenvalue weighted by molar-refractivity contribution is -0.384. The van der Waals surface area contributed by atoms with E-state index in [1.807, 2.05) is 18.2 Å². The van der Waals surface area contributed by atoms with Gasteiger partial charge >= 0.3 is 0 Å². The molecule has 1 fully saturated rings. The van der Waals surface area contributed by atoms with E-state index in [1.54, 1.807) is 7.11 Å². The lowest BCUT2D eigenvalue weighted by atomic mass is 10.1. The van der Waals surface area contributed by atoms with Gasteiger partial charge in [0, 0.05) is 48.1 Å². The summed E-state index contributed by atoms with van der Waals surface area (Å²) < 4.78 is 10.8. The molecule has 0 spiro atoms. The molecule has 28 heavy (non-hydrogen) atoms. The zero-order valence-corrected chi connectivity index (χ0v) is 15.3. The fourth-order valence-electron chi connectivity index (χ4n) is 2.81. The second kappa shape index (κ2) is 8.96. The number of hydrogen-bond acceptors (Lipinski definition) is 7. The first-order valence-electron chi connectivity index (χ1n) is 8.67. The average molecular weight is 384 g/mol. The number of hydrazone groups is 1. The molecule has 0 radical (unpaired) electrons. The summed E-state index contributed by atoms with van der Waals surface area (Å²) in [5.41, 5.74) is 4.09. The number of nitro groups is 1. The van der Waals surface area contributed by atoms with Crippen molar-refractivity contribution in [1.29, 1.82) is 0 Å². The highest BCUT2D eigenvalue weighted by molar-refractivity contribution is 5.95. The summed E-state index contributed by atoms with van der Waals surface area (Å²) in [6, 6.07) is 11.2. The minimum atomic E-state index is -0.555. The van der Waals surface area contributed by atoms with Crippen LogP contribution in [0, 0.1) is 10.1 Å². The minimum Gasteiger partial charge on any atom is -0.496 e. The maximum absolute atomic E-state index is 12.1. The Labute approximate surface area is 161 Å². The van der Waals surface area contributed by atoms with Crippen LogP contribution in [0.5, 0.6) is 5.75 Å². The SMILES string of the molecule is COc1cc(N2CCOCC2)ccc1/C=N\NC(=O)c1cccc([N+](=O)[O-])c1. The zero-order chi connectivity index (χ0) is 19.9. The number of anilines is 1. The fourth-order valence-corrected chi connectivity index (χ4v) is 2.81. The normalized spacial score (nSPS) is 14.1. The van der Waals surface area contributed by atoms with E-state index in [1.165, 1.54) is 30.5 Å². The van der Waals surface area contributed by atoms with E-state index in [9.17, 15) is 14.9 Å². The molecule has 9 heteroatoms. The number of ether oxygens (including phenoxy) is 2. The molecule has 0 saturated carbocycles. The second-order valence-electron chi connectivity index (χ2n) is 6.03. The van der Waals surface area contributed by atoms with E-state index < -0.39 is 10.8 Å². The van der Waals surface area contributed by atoms with E-state index in [2.05, 4.69) is 15.4 Å². The van der Waals surface area contributed by atoms with Crippen LogP contribution in [0.1, 0.15) is 15.9 Å². The summed E-state index contributed by atoms with van der Waals surface area (Å²) in [6.45, 7) is 3.01. The van der Waals surface area contributed by atoms with Crippen LogP contribution < -0.4 is 15.1 Å². The number of hydrogen-bond donors (Lipinski definition) is 1. The van der Waals surface area contributed by atoms with Crippen LogP contribution in [0.25, 0.3) is 0 Å². The molecule has 3 rings (SSSR count). The summed E-state index contributed by atoms with van der Waals surface area (Å²) in [5, 5.41) is 14.7. The number of carbonyl (C=O) groups excluding carboxylic acids is 1. The van der Waals surface area contributed by atoms with E-state index >= 15 is 0 Å². The molecule has 146 valence electrons. The highest BCUT2D eigenvalue weighted by atomic mass is 16.6. The van der Waals surface area contributed by atoms with Crippen molar-refractivity contribution in [3.63, 3.8) is 0 Å². The third-order valence-electron chi connectivity index (χ3n) is 4.28. The van der Waals surface area contributed by atoms with Crippen LogP contribution in [-0.2, 0) is 4.74 Å². The van der Waals surface area contributed by atoms with E-state index in [4.69, 9.17) is 9.47 Å². The summed E-state index contributed by atoms with van der Waals surface area (Å²) >= 11 is 0. The van der Waals surface area contributed by atoms with Gasteiger partial charge in [0.15, 0.2) is 0 Å². The summed E-state index contributed by atoms with van der Waals surface area (Å²) in [7, 11) is 1.57. The van der Waals surface area contributed by atoms with Gasteiger partial charge in [0.05, 0.1) is 31.5 Å². The van der Waals surface area contributed by atoms with Gasteiger partial charge in [-0.1, -0.05) is 6.07 Å². The van der Waals surface area contributed by atoms with Gasteiger partial charge in [-0.2, -0.15) is 5.10 Å². The second-order valence-corrected chi connectivity index (χ2v) is 6.03. The van der Waals surface area contributed by atoms with Crippen molar-refractivity contribution in [2.24, 2.45) is 5.10 Å². The quantitative estimate of drug-likeness (QED) is 0.465. The predicted octanol–water partition coefficient (Wildman–Crippen LogP) is 2.20. The molecule has 0 aliphatic carbocycles. The van der Waals surface area contributed by atoms with Gasteiger partial charge in [-0.15, -0.1) is 0 Å². The Morgan fingerprint density at radius 3 is 2.79 bits per heavy atom. The van der Waals surface area contributed by atoms with Crippen LogP contribution in [0.3, 0.4) is 0 Å². The lowest BCUT2D eigenvalue weighted by Gasteiger charge is -2.29. The number of nitro benzene ring substituents is 1. The van der Waals surface area contributed by atoms with Crippen molar-refractivity contribution in [1.82, 2.24) is 5.43 Å². The molecule has 0 unspecified atom stereocenters. The van der Waals surface area contributed by atoms with Crippen molar-refractivity contribution in [3.05, 3.63) is 63.7 Å². The molecule has 1 aliphatic heterocycles. The number of non-ortho nitro benzene ring substituents is 1. The summed E-state index contributed by atoms with van der Waals surface area (Å²) in [5.74, 6) is 0.0844. The minimum absolute atomic E-state index is 0.154. The number of amides is 1. The summed E-state index contributed by atoms with van der Waals surface area (Å²) in [6.07, 6.45) is 1.47. The fraction of sp³-hybridized carbons (Fsp3) is 0.263. The van der Waals surface area contributed by atoms with Gasteiger partial charge < -0.3 is 14.4 Å². The molecule has 0 atom stereocenters. The highest BCUT2D eigenvalue weighted by Gasteiger charge is 2.13. The Balaban J connectivity index is 1.68.